The zero-order valence-electron chi connectivity index (χ0n) is 18.2. The Bertz CT molecular complexity index is 1300. The first-order valence-corrected chi connectivity index (χ1v) is 12.1. The van der Waals surface area contributed by atoms with Crippen LogP contribution in [0.15, 0.2) is 75.0 Å². The van der Waals surface area contributed by atoms with E-state index in [9.17, 15) is 9.18 Å². The monoisotopic (exact) mass is 560 g/mol. The predicted molar refractivity (Wildman–Crippen MR) is 138 cm³/mol. The highest BCUT2D eigenvalue weighted by Gasteiger charge is 2.30. The van der Waals surface area contributed by atoms with Crippen LogP contribution in [-0.4, -0.2) is 30.1 Å². The molecule has 1 amide bonds. The molecular formula is C25H19BrClFN2O3S. The van der Waals surface area contributed by atoms with Crippen molar-refractivity contribution in [3.63, 3.8) is 0 Å². The number of nitrogens with zero attached hydrogens (tertiary/aromatic N) is 2. The smallest absolute Gasteiger partial charge is 0.266 e. The number of benzene rings is 3. The van der Waals surface area contributed by atoms with E-state index >= 15 is 0 Å². The first-order valence-electron chi connectivity index (χ1n) is 10.1. The van der Waals surface area contributed by atoms with Gasteiger partial charge in [0.2, 0.25) is 0 Å². The fourth-order valence-corrected chi connectivity index (χ4v) is 4.51. The number of likely N-dealkylation sites (N-methyl/N-ethyl adjacent to an activating group) is 1. The van der Waals surface area contributed by atoms with E-state index in [1.54, 1.807) is 50.6 Å². The summed E-state index contributed by atoms with van der Waals surface area (Å²) in [5.74, 6) is 0.629. The molecule has 0 N–H and O–H groups in total. The summed E-state index contributed by atoms with van der Waals surface area (Å²) in [4.78, 5) is 19.4. The molecule has 9 heteroatoms. The summed E-state index contributed by atoms with van der Waals surface area (Å²) in [5, 5.41) is 1.10. The average Bonchev–Trinajstić information content (AvgIpc) is 3.09. The number of methoxy groups -OCH3 is 1. The third-order valence-electron chi connectivity index (χ3n) is 4.92. The third-order valence-corrected chi connectivity index (χ3v) is 7.22. The normalized spacial score (nSPS) is 15.9. The molecule has 1 heterocycles. The van der Waals surface area contributed by atoms with Crippen molar-refractivity contribution in [2.45, 2.75) is 6.61 Å². The maximum absolute atomic E-state index is 13.1. The fourth-order valence-electron chi connectivity index (χ4n) is 3.10. The molecule has 0 atom stereocenters. The predicted octanol–water partition coefficient (Wildman–Crippen LogP) is 7.06. The number of carbonyl (C=O) groups excluding carboxylic acids is 1. The van der Waals surface area contributed by atoms with Crippen molar-refractivity contribution in [2.24, 2.45) is 4.99 Å². The van der Waals surface area contributed by atoms with Crippen molar-refractivity contribution in [3.8, 4) is 11.5 Å². The van der Waals surface area contributed by atoms with Crippen LogP contribution in [0.25, 0.3) is 6.08 Å². The van der Waals surface area contributed by atoms with Gasteiger partial charge >= 0.3 is 0 Å². The van der Waals surface area contributed by atoms with Crippen LogP contribution < -0.4 is 9.47 Å². The lowest BCUT2D eigenvalue weighted by molar-refractivity contribution is -0.121. The highest BCUT2D eigenvalue weighted by atomic mass is 79.9. The van der Waals surface area contributed by atoms with Crippen molar-refractivity contribution in [2.75, 3.05) is 14.2 Å². The minimum absolute atomic E-state index is 0.150. The quantitative estimate of drug-likeness (QED) is 0.302. The van der Waals surface area contributed by atoms with Gasteiger partial charge in [-0.1, -0.05) is 29.8 Å². The van der Waals surface area contributed by atoms with Crippen molar-refractivity contribution in [1.82, 2.24) is 4.90 Å². The number of halogens is 3. The number of amides is 1. The Morgan fingerprint density at radius 1 is 1.12 bits per heavy atom. The molecule has 0 aliphatic carbocycles. The van der Waals surface area contributed by atoms with Crippen molar-refractivity contribution >= 4 is 62.1 Å². The van der Waals surface area contributed by atoms with Gasteiger partial charge in [-0.05, 0) is 87.4 Å². The van der Waals surface area contributed by atoms with Gasteiger partial charge in [-0.25, -0.2) is 9.38 Å². The van der Waals surface area contributed by atoms with E-state index in [0.717, 1.165) is 15.6 Å². The number of ether oxygens (including phenoxy) is 2. The standard InChI is InChI=1S/C25H19BrClFN2O3S/c1-30-24(31)23(34-25(30)29-18-8-9-19(26)20(27)13-18)12-16-5-10-21(22(11-16)32-2)33-14-15-3-6-17(28)7-4-15/h3-13H,14H2,1-2H3/b23-12-,29-25?. The maximum atomic E-state index is 13.1. The second-order valence-corrected chi connectivity index (χ2v) is 9.56. The van der Waals surface area contributed by atoms with Crippen LogP contribution in [0.2, 0.25) is 5.02 Å². The third kappa shape index (κ3) is 5.63. The van der Waals surface area contributed by atoms with Crippen molar-refractivity contribution in [3.05, 3.63) is 92.0 Å². The number of hydrogen-bond acceptors (Lipinski definition) is 5. The lowest BCUT2D eigenvalue weighted by Crippen LogP contribution is -2.23. The summed E-state index contributed by atoms with van der Waals surface area (Å²) in [6, 6.07) is 16.9. The maximum Gasteiger partial charge on any atom is 0.266 e. The van der Waals surface area contributed by atoms with Gasteiger partial charge < -0.3 is 9.47 Å². The second kappa shape index (κ2) is 10.6. The molecule has 1 aliphatic rings. The molecule has 3 aromatic carbocycles. The molecule has 0 saturated carbocycles. The van der Waals surface area contributed by atoms with Gasteiger partial charge in [-0.15, -0.1) is 0 Å². The molecule has 4 rings (SSSR count). The number of rotatable bonds is 6. The summed E-state index contributed by atoms with van der Waals surface area (Å²) in [6.07, 6.45) is 1.78. The molecule has 0 radical (unpaired) electrons. The SMILES string of the molecule is COc1cc(/C=C2\SC(=Nc3ccc(Br)c(Cl)c3)N(C)C2=O)ccc1OCc1ccc(F)cc1. The molecule has 1 saturated heterocycles. The number of hydrogen-bond donors (Lipinski definition) is 0. The Kier molecular flexibility index (Phi) is 7.60. The Hall–Kier alpha value is -2.81. The Balaban J connectivity index is 1.52. The van der Waals surface area contributed by atoms with Gasteiger partial charge in [-0.3, -0.25) is 9.69 Å². The Morgan fingerprint density at radius 3 is 2.59 bits per heavy atom. The van der Waals surface area contributed by atoms with Crippen LogP contribution >= 0.6 is 39.3 Å². The molecular weight excluding hydrogens is 543 g/mol. The Morgan fingerprint density at radius 2 is 1.88 bits per heavy atom. The summed E-state index contributed by atoms with van der Waals surface area (Å²) >= 11 is 10.8. The largest absolute Gasteiger partial charge is 0.493 e. The summed E-state index contributed by atoms with van der Waals surface area (Å²) in [5.41, 5.74) is 2.27. The molecule has 3 aromatic rings. The van der Waals surface area contributed by atoms with Gasteiger partial charge in [-0.2, -0.15) is 0 Å². The zero-order chi connectivity index (χ0) is 24.2. The van der Waals surface area contributed by atoms with E-state index in [2.05, 4.69) is 20.9 Å². The van der Waals surface area contributed by atoms with Crippen molar-refractivity contribution < 1.29 is 18.7 Å². The molecule has 5 nitrogen and oxygen atoms in total. The van der Waals surface area contributed by atoms with E-state index < -0.39 is 0 Å². The summed E-state index contributed by atoms with van der Waals surface area (Å²) in [6.45, 7) is 0.274. The van der Waals surface area contributed by atoms with Crippen LogP contribution in [0.3, 0.4) is 0 Å². The van der Waals surface area contributed by atoms with Crippen LogP contribution in [0.4, 0.5) is 10.1 Å². The lowest BCUT2D eigenvalue weighted by atomic mass is 10.2. The number of carbonyl (C=O) groups is 1. The minimum Gasteiger partial charge on any atom is -0.493 e. The summed E-state index contributed by atoms with van der Waals surface area (Å²) < 4.78 is 25.2. The first kappa shape index (κ1) is 24.3. The molecule has 0 aromatic heterocycles. The van der Waals surface area contributed by atoms with Gasteiger partial charge in [0.05, 0.1) is 22.7 Å². The first-order chi connectivity index (χ1) is 16.3. The van der Waals surface area contributed by atoms with E-state index in [4.69, 9.17) is 21.1 Å². The zero-order valence-corrected chi connectivity index (χ0v) is 21.4. The van der Waals surface area contributed by atoms with Gasteiger partial charge in [0.1, 0.15) is 12.4 Å². The minimum atomic E-state index is -0.294. The molecule has 1 fully saturated rings. The van der Waals surface area contributed by atoms with Crippen LogP contribution in [-0.2, 0) is 11.4 Å². The average molecular weight is 562 g/mol. The second-order valence-electron chi connectivity index (χ2n) is 7.29. The van der Waals surface area contributed by atoms with E-state index in [1.165, 1.54) is 28.8 Å². The molecule has 174 valence electrons. The highest BCUT2D eigenvalue weighted by Crippen LogP contribution is 2.36. The number of thioether (sulfide) groups is 1. The number of amidine groups is 1. The van der Waals surface area contributed by atoms with Gasteiger partial charge in [0.25, 0.3) is 5.91 Å². The number of aliphatic imine (C=N–C) groups is 1. The van der Waals surface area contributed by atoms with Crippen LogP contribution in [0.1, 0.15) is 11.1 Å². The molecule has 0 spiro atoms. The van der Waals surface area contributed by atoms with E-state index in [1.807, 2.05) is 18.2 Å². The highest BCUT2D eigenvalue weighted by molar-refractivity contribution is 9.10. The Labute approximate surface area is 214 Å². The fraction of sp³-hybridized carbons (Fsp3) is 0.120. The molecule has 34 heavy (non-hydrogen) atoms. The van der Waals surface area contributed by atoms with E-state index in [0.29, 0.717) is 32.3 Å². The topological polar surface area (TPSA) is 51.1 Å². The van der Waals surface area contributed by atoms with Crippen LogP contribution in [0, 0.1) is 5.82 Å². The van der Waals surface area contributed by atoms with Crippen molar-refractivity contribution in [1.29, 1.82) is 0 Å². The molecule has 0 bridgehead atoms. The van der Waals surface area contributed by atoms with E-state index in [-0.39, 0.29) is 18.3 Å². The van der Waals surface area contributed by atoms with Crippen LogP contribution in [0.5, 0.6) is 11.5 Å². The lowest BCUT2D eigenvalue weighted by Gasteiger charge is -2.11. The van der Waals surface area contributed by atoms with Gasteiger partial charge in [0.15, 0.2) is 16.7 Å². The molecule has 0 unspecified atom stereocenters. The van der Waals surface area contributed by atoms with Gasteiger partial charge in [0, 0.05) is 11.5 Å². The summed E-state index contributed by atoms with van der Waals surface area (Å²) in [7, 11) is 3.23. The molecule has 1 aliphatic heterocycles.